The summed E-state index contributed by atoms with van der Waals surface area (Å²) >= 11 is 7.63. The Balaban J connectivity index is 2.31. The SMILES string of the molecule is Cc1ccc([Si](Cl)(c2ccc(C)c(C)c2)c2ccc(C)c(C)c2)cc1C. The van der Waals surface area contributed by atoms with Crippen molar-refractivity contribution < 1.29 is 0 Å². The summed E-state index contributed by atoms with van der Waals surface area (Å²) in [6.45, 7) is 13.0. The highest BCUT2D eigenvalue weighted by atomic mass is 35.6. The minimum Gasteiger partial charge on any atom is -0.149 e. The topological polar surface area (TPSA) is 0 Å². The molecule has 0 saturated carbocycles. The predicted molar refractivity (Wildman–Crippen MR) is 118 cm³/mol. The molecule has 0 radical (unpaired) electrons. The van der Waals surface area contributed by atoms with Crippen LogP contribution in [0.15, 0.2) is 54.6 Å². The molecule has 0 bridgehead atoms. The molecule has 0 heterocycles. The summed E-state index contributed by atoms with van der Waals surface area (Å²) in [5.41, 5.74) is 7.82. The van der Waals surface area contributed by atoms with Gasteiger partial charge in [-0.25, -0.2) is 0 Å². The van der Waals surface area contributed by atoms with Gasteiger partial charge in [0.25, 0.3) is 0 Å². The van der Waals surface area contributed by atoms with Crippen LogP contribution in [0.4, 0.5) is 0 Å². The number of rotatable bonds is 3. The minimum atomic E-state index is -2.57. The van der Waals surface area contributed by atoms with Crippen molar-refractivity contribution in [2.45, 2.75) is 41.5 Å². The monoisotopic (exact) mass is 378 g/mol. The minimum absolute atomic E-state index is 1.26. The summed E-state index contributed by atoms with van der Waals surface area (Å²) in [6.07, 6.45) is 0. The lowest BCUT2D eigenvalue weighted by molar-refractivity contribution is 1.34. The van der Waals surface area contributed by atoms with Crippen molar-refractivity contribution in [3.8, 4) is 0 Å². The van der Waals surface area contributed by atoms with Gasteiger partial charge < -0.3 is 0 Å². The smallest absolute Gasteiger partial charge is 0.149 e. The van der Waals surface area contributed by atoms with Crippen molar-refractivity contribution in [2.75, 3.05) is 0 Å². The van der Waals surface area contributed by atoms with E-state index in [1.54, 1.807) is 0 Å². The van der Waals surface area contributed by atoms with Gasteiger partial charge in [-0.3, -0.25) is 0 Å². The lowest BCUT2D eigenvalue weighted by atomic mass is 10.1. The highest BCUT2D eigenvalue weighted by Crippen LogP contribution is 2.18. The fourth-order valence-corrected chi connectivity index (χ4v) is 7.61. The molecule has 0 aliphatic rings. The maximum atomic E-state index is 7.63. The third kappa shape index (κ3) is 3.26. The first kappa shape index (κ1) is 18.9. The third-order valence-corrected chi connectivity index (χ3v) is 11.0. The van der Waals surface area contributed by atoms with E-state index < -0.39 is 7.38 Å². The highest BCUT2D eigenvalue weighted by Gasteiger charge is 2.38. The Morgan fingerprint density at radius 1 is 0.462 bits per heavy atom. The van der Waals surface area contributed by atoms with Gasteiger partial charge >= 0.3 is 0 Å². The first-order chi connectivity index (χ1) is 12.2. The van der Waals surface area contributed by atoms with Crippen LogP contribution in [0.5, 0.6) is 0 Å². The van der Waals surface area contributed by atoms with Crippen LogP contribution in [0.2, 0.25) is 0 Å². The van der Waals surface area contributed by atoms with Crippen LogP contribution in [0.3, 0.4) is 0 Å². The molecular weight excluding hydrogens is 352 g/mol. The van der Waals surface area contributed by atoms with E-state index in [1.165, 1.54) is 48.9 Å². The van der Waals surface area contributed by atoms with Crippen LogP contribution in [0.25, 0.3) is 0 Å². The van der Waals surface area contributed by atoms with E-state index in [0.29, 0.717) is 0 Å². The van der Waals surface area contributed by atoms with Gasteiger partial charge in [0, 0.05) is 0 Å². The molecule has 134 valence electrons. The van der Waals surface area contributed by atoms with Gasteiger partial charge in [-0.1, -0.05) is 54.6 Å². The van der Waals surface area contributed by atoms with E-state index in [0.717, 1.165) is 0 Å². The van der Waals surface area contributed by atoms with Crippen LogP contribution >= 0.6 is 11.1 Å². The molecule has 3 aromatic rings. The second kappa shape index (κ2) is 7.06. The number of halogens is 1. The largest absolute Gasteiger partial charge is 0.247 e. The van der Waals surface area contributed by atoms with Crippen molar-refractivity contribution in [1.82, 2.24) is 0 Å². The van der Waals surface area contributed by atoms with Crippen LogP contribution in [-0.4, -0.2) is 7.38 Å². The van der Waals surface area contributed by atoms with Gasteiger partial charge in [0.05, 0.1) is 0 Å². The standard InChI is InChI=1S/C24H27ClSi/c1-16-7-10-22(13-19(16)4)26(25,23-11-8-17(2)20(5)14-23)24-12-9-18(3)21(6)15-24/h7-15H,1-6H3. The molecular formula is C24H27ClSi. The lowest BCUT2D eigenvalue weighted by Crippen LogP contribution is -2.63. The molecule has 0 N–H and O–H groups in total. The predicted octanol–water partition coefficient (Wildman–Crippen LogP) is 4.74. The molecule has 3 aromatic carbocycles. The first-order valence-electron chi connectivity index (χ1n) is 9.15. The summed E-state index contributed by atoms with van der Waals surface area (Å²) in [7, 11) is -2.57. The molecule has 0 nitrogen and oxygen atoms in total. The normalized spacial score (nSPS) is 11.7. The molecule has 0 atom stereocenters. The Morgan fingerprint density at radius 2 is 0.731 bits per heavy atom. The first-order valence-corrected chi connectivity index (χ1v) is 12.2. The molecule has 0 fully saturated rings. The maximum absolute atomic E-state index is 7.63. The zero-order valence-electron chi connectivity index (χ0n) is 16.6. The van der Waals surface area contributed by atoms with E-state index in [9.17, 15) is 0 Å². The average molecular weight is 379 g/mol. The second-order valence-corrected chi connectivity index (χ2v) is 12.3. The van der Waals surface area contributed by atoms with Crippen LogP contribution in [0.1, 0.15) is 33.4 Å². The quantitative estimate of drug-likeness (QED) is 0.350. The van der Waals surface area contributed by atoms with Crippen molar-refractivity contribution in [1.29, 1.82) is 0 Å². The zero-order chi connectivity index (χ0) is 19.1. The zero-order valence-corrected chi connectivity index (χ0v) is 18.3. The maximum Gasteiger partial charge on any atom is 0.247 e. The van der Waals surface area contributed by atoms with Gasteiger partial charge in [0.2, 0.25) is 7.38 Å². The van der Waals surface area contributed by atoms with Gasteiger partial charge in [0.1, 0.15) is 0 Å². The van der Waals surface area contributed by atoms with E-state index in [2.05, 4.69) is 96.1 Å². The van der Waals surface area contributed by atoms with Gasteiger partial charge in [0.15, 0.2) is 0 Å². The summed E-state index contributed by atoms with van der Waals surface area (Å²) in [6, 6.07) is 20.2. The van der Waals surface area contributed by atoms with Crippen molar-refractivity contribution in [3.63, 3.8) is 0 Å². The number of benzene rings is 3. The third-order valence-electron chi connectivity index (χ3n) is 5.71. The van der Waals surface area contributed by atoms with Gasteiger partial charge in [-0.05, 0) is 90.5 Å². The van der Waals surface area contributed by atoms with Crippen molar-refractivity contribution in [2.24, 2.45) is 0 Å². The average Bonchev–Trinajstić information content (AvgIpc) is 2.61. The molecule has 0 spiro atoms. The van der Waals surface area contributed by atoms with E-state index in [-0.39, 0.29) is 0 Å². The molecule has 2 heteroatoms. The molecule has 0 saturated heterocycles. The molecule has 0 amide bonds. The Hall–Kier alpha value is -1.83. The Bertz CT molecular complexity index is 847. The Kier molecular flexibility index (Phi) is 5.14. The fraction of sp³-hybridized carbons (Fsp3) is 0.250. The molecule has 0 unspecified atom stereocenters. The van der Waals surface area contributed by atoms with Crippen LogP contribution in [0, 0.1) is 41.5 Å². The lowest BCUT2D eigenvalue weighted by Gasteiger charge is -2.28. The Morgan fingerprint density at radius 3 is 0.962 bits per heavy atom. The van der Waals surface area contributed by atoms with E-state index in [4.69, 9.17) is 11.1 Å². The second-order valence-electron chi connectivity index (χ2n) is 7.56. The van der Waals surface area contributed by atoms with Crippen LogP contribution < -0.4 is 15.6 Å². The fourth-order valence-electron chi connectivity index (χ4n) is 3.37. The molecule has 3 rings (SSSR count). The highest BCUT2D eigenvalue weighted by molar-refractivity contribution is 7.40. The molecule has 26 heavy (non-hydrogen) atoms. The van der Waals surface area contributed by atoms with E-state index in [1.807, 2.05) is 0 Å². The number of aryl methyl sites for hydroxylation is 6. The summed E-state index contributed by atoms with van der Waals surface area (Å²) in [5, 5.41) is 3.77. The summed E-state index contributed by atoms with van der Waals surface area (Å²) in [4.78, 5) is 0. The van der Waals surface area contributed by atoms with Gasteiger partial charge in [-0.15, -0.1) is 11.1 Å². The van der Waals surface area contributed by atoms with Crippen molar-refractivity contribution >= 4 is 34.0 Å². The van der Waals surface area contributed by atoms with Crippen LogP contribution in [-0.2, 0) is 0 Å². The van der Waals surface area contributed by atoms with Gasteiger partial charge in [-0.2, -0.15) is 0 Å². The Labute approximate surface area is 163 Å². The number of hydrogen-bond acceptors (Lipinski definition) is 0. The molecule has 0 aromatic heterocycles. The van der Waals surface area contributed by atoms with Crippen molar-refractivity contribution in [3.05, 3.63) is 88.0 Å². The summed E-state index contributed by atoms with van der Waals surface area (Å²) < 4.78 is 0. The number of hydrogen-bond donors (Lipinski definition) is 0. The van der Waals surface area contributed by atoms with E-state index >= 15 is 0 Å². The summed E-state index contributed by atoms with van der Waals surface area (Å²) in [5.74, 6) is 0. The molecule has 0 aliphatic carbocycles. The molecule has 0 aliphatic heterocycles.